The van der Waals surface area contributed by atoms with Crippen LogP contribution in [0.5, 0.6) is 0 Å². The number of aromatic amines is 1. The summed E-state index contributed by atoms with van der Waals surface area (Å²) in [6.45, 7) is 0.862. The van der Waals surface area contributed by atoms with Gasteiger partial charge in [0, 0.05) is 46.0 Å². The summed E-state index contributed by atoms with van der Waals surface area (Å²) in [5.41, 5.74) is 1.90. The number of hydrogen-bond acceptors (Lipinski definition) is 5. The molecule has 3 amide bonds. The van der Waals surface area contributed by atoms with Gasteiger partial charge in [-0.25, -0.2) is 0 Å². The first kappa shape index (κ1) is 22.0. The molecule has 184 valence electrons. The summed E-state index contributed by atoms with van der Waals surface area (Å²) in [5.74, 6) is -2.42. The Morgan fingerprint density at radius 2 is 1.97 bits per heavy atom. The minimum Gasteiger partial charge on any atom is -0.376 e. The number of carbonyl (C=O) groups is 3. The van der Waals surface area contributed by atoms with Crippen molar-refractivity contribution in [3.63, 3.8) is 0 Å². The van der Waals surface area contributed by atoms with Crippen molar-refractivity contribution in [2.24, 2.45) is 11.8 Å². The molecule has 9 heteroatoms. The number of aromatic nitrogens is 1. The second-order valence-corrected chi connectivity index (χ2v) is 10.6. The lowest BCUT2D eigenvalue weighted by atomic mass is 9.76. The highest BCUT2D eigenvalue weighted by molar-refractivity contribution is 6.31. The van der Waals surface area contributed by atoms with Gasteiger partial charge in [-0.3, -0.25) is 24.6 Å². The fourth-order valence-electron chi connectivity index (χ4n) is 6.72. The molecule has 3 N–H and O–H groups in total. The van der Waals surface area contributed by atoms with E-state index in [0.29, 0.717) is 29.3 Å². The van der Waals surface area contributed by atoms with E-state index in [1.807, 2.05) is 30.5 Å². The number of fused-ring (bicyclic) bond motifs is 5. The predicted octanol–water partition coefficient (Wildman–Crippen LogP) is 2.96. The van der Waals surface area contributed by atoms with Crippen LogP contribution in [-0.2, 0) is 31.1 Å². The van der Waals surface area contributed by atoms with Crippen LogP contribution in [0.4, 0.5) is 5.69 Å². The van der Waals surface area contributed by atoms with Gasteiger partial charge >= 0.3 is 0 Å². The van der Waals surface area contributed by atoms with E-state index in [1.165, 1.54) is 4.90 Å². The van der Waals surface area contributed by atoms with Gasteiger partial charge in [-0.05, 0) is 49.1 Å². The minimum atomic E-state index is -1.36. The molecule has 4 aliphatic rings. The van der Waals surface area contributed by atoms with Gasteiger partial charge in [-0.1, -0.05) is 29.8 Å². The summed E-state index contributed by atoms with van der Waals surface area (Å²) in [6, 6.07) is 12.7. The van der Waals surface area contributed by atoms with Crippen LogP contribution in [0.25, 0.3) is 10.9 Å². The van der Waals surface area contributed by atoms with Crippen LogP contribution in [-0.4, -0.2) is 52.9 Å². The molecule has 4 aliphatic heterocycles. The molecule has 0 bridgehead atoms. The molecule has 7 rings (SSSR count). The number of nitrogens with zero attached hydrogens (tertiary/aromatic N) is 1. The molecule has 5 heterocycles. The summed E-state index contributed by atoms with van der Waals surface area (Å²) in [4.78, 5) is 46.1. The topological polar surface area (TPSA) is 104 Å². The lowest BCUT2D eigenvalue weighted by molar-refractivity contribution is -0.144. The summed E-state index contributed by atoms with van der Waals surface area (Å²) >= 11 is 6.35. The van der Waals surface area contributed by atoms with Gasteiger partial charge in [0.2, 0.25) is 17.7 Å². The first-order valence-electron chi connectivity index (χ1n) is 12.4. The first-order chi connectivity index (χ1) is 17.5. The number of rotatable bonds is 4. The lowest BCUT2D eigenvalue weighted by Crippen LogP contribution is -2.54. The average Bonchev–Trinajstić information content (AvgIpc) is 3.67. The second kappa shape index (κ2) is 7.90. The van der Waals surface area contributed by atoms with Crippen molar-refractivity contribution < 1.29 is 19.1 Å². The zero-order chi connectivity index (χ0) is 24.6. The highest BCUT2D eigenvalue weighted by Crippen LogP contribution is 2.54. The maximum Gasteiger partial charge on any atom is 0.250 e. The van der Waals surface area contributed by atoms with Crippen LogP contribution >= 0.6 is 11.6 Å². The van der Waals surface area contributed by atoms with Crippen molar-refractivity contribution in [2.75, 3.05) is 18.5 Å². The minimum absolute atomic E-state index is 0.160. The number of hydrogen-bond donors (Lipinski definition) is 3. The fourth-order valence-corrected chi connectivity index (χ4v) is 6.89. The molecule has 0 radical (unpaired) electrons. The molecular formula is C27H25ClN4O4. The van der Waals surface area contributed by atoms with E-state index in [2.05, 4.69) is 15.6 Å². The number of imide groups is 1. The van der Waals surface area contributed by atoms with Crippen molar-refractivity contribution in [2.45, 2.75) is 36.9 Å². The van der Waals surface area contributed by atoms with E-state index in [1.54, 1.807) is 18.2 Å². The Balaban J connectivity index is 1.33. The van der Waals surface area contributed by atoms with E-state index >= 15 is 0 Å². The summed E-state index contributed by atoms with van der Waals surface area (Å²) in [7, 11) is 0. The van der Waals surface area contributed by atoms with E-state index in [-0.39, 0.29) is 30.4 Å². The molecule has 36 heavy (non-hydrogen) atoms. The highest BCUT2D eigenvalue weighted by atomic mass is 35.5. The maximum atomic E-state index is 13.9. The quantitative estimate of drug-likeness (QED) is 0.474. The standard InChI is InChI=1S/C27H25ClN4O4/c28-15-7-8-20-18(11-15)27(26(35)30-20)23-22(24(33)32(25(23)34)13-16-4-3-9-36-16)21(31-27)10-14-12-29-19-6-2-1-5-17(14)19/h1-2,5-8,11-12,16,21-23,29,31H,3-4,9-10,13H2,(H,30,35)/t16?,21?,22-,23+,27+/m0/s1. The molecule has 3 fully saturated rings. The van der Waals surface area contributed by atoms with Gasteiger partial charge in [0.15, 0.2) is 0 Å². The van der Waals surface area contributed by atoms with Crippen LogP contribution in [0.1, 0.15) is 24.0 Å². The number of H-pyrrole nitrogens is 1. The molecule has 2 unspecified atom stereocenters. The maximum absolute atomic E-state index is 13.9. The van der Waals surface area contributed by atoms with Crippen molar-refractivity contribution in [1.29, 1.82) is 0 Å². The summed E-state index contributed by atoms with van der Waals surface area (Å²) < 4.78 is 5.74. The van der Waals surface area contributed by atoms with E-state index in [4.69, 9.17) is 16.3 Å². The van der Waals surface area contributed by atoms with E-state index in [0.717, 1.165) is 29.3 Å². The number of carbonyl (C=O) groups excluding carboxylic acids is 3. The molecule has 5 atom stereocenters. The van der Waals surface area contributed by atoms with Gasteiger partial charge in [-0.15, -0.1) is 0 Å². The largest absolute Gasteiger partial charge is 0.376 e. The Morgan fingerprint density at radius 3 is 2.81 bits per heavy atom. The predicted molar refractivity (Wildman–Crippen MR) is 133 cm³/mol. The van der Waals surface area contributed by atoms with Crippen LogP contribution in [0, 0.1) is 11.8 Å². The van der Waals surface area contributed by atoms with Crippen molar-refractivity contribution in [3.8, 4) is 0 Å². The van der Waals surface area contributed by atoms with Crippen molar-refractivity contribution >= 4 is 45.9 Å². The number of amides is 3. The lowest BCUT2D eigenvalue weighted by Gasteiger charge is -2.30. The summed E-state index contributed by atoms with van der Waals surface area (Å²) in [5, 5.41) is 7.95. The number of para-hydroxylation sites is 1. The molecular weight excluding hydrogens is 480 g/mol. The third-order valence-corrected chi connectivity index (χ3v) is 8.53. The monoisotopic (exact) mass is 504 g/mol. The molecule has 3 aromatic rings. The number of benzene rings is 2. The number of likely N-dealkylation sites (tertiary alicyclic amines) is 1. The molecule has 0 aliphatic carbocycles. The second-order valence-electron chi connectivity index (χ2n) is 10.2. The van der Waals surface area contributed by atoms with Gasteiger partial charge in [0.05, 0.1) is 24.5 Å². The smallest absolute Gasteiger partial charge is 0.250 e. The van der Waals surface area contributed by atoms with Crippen LogP contribution in [0.2, 0.25) is 5.02 Å². The molecule has 2 aromatic carbocycles. The highest BCUT2D eigenvalue weighted by Gasteiger charge is 2.70. The first-order valence-corrected chi connectivity index (χ1v) is 12.8. The fraction of sp³-hybridized carbons (Fsp3) is 0.370. The Labute approximate surface area is 212 Å². The Morgan fingerprint density at radius 1 is 1.11 bits per heavy atom. The Bertz CT molecular complexity index is 1430. The third kappa shape index (κ3) is 2.98. The number of nitrogens with one attached hydrogen (secondary N) is 3. The zero-order valence-electron chi connectivity index (χ0n) is 19.4. The van der Waals surface area contributed by atoms with Crippen molar-refractivity contribution in [3.05, 3.63) is 64.8 Å². The SMILES string of the molecule is O=C1[C@H]2C(Cc3c[nH]c4ccccc34)N[C@@]3(C(=O)Nc4ccc(Cl)cc43)[C@H]2C(=O)N1CC1CCCO1. The third-order valence-electron chi connectivity index (χ3n) is 8.29. The molecule has 1 spiro atoms. The number of halogens is 1. The zero-order valence-corrected chi connectivity index (χ0v) is 20.2. The van der Waals surface area contributed by atoms with Gasteiger partial charge < -0.3 is 15.0 Å². The van der Waals surface area contributed by atoms with E-state index < -0.39 is 23.4 Å². The molecule has 8 nitrogen and oxygen atoms in total. The Kier molecular flexibility index (Phi) is 4.83. The van der Waals surface area contributed by atoms with Gasteiger partial charge in [0.25, 0.3) is 0 Å². The molecule has 3 saturated heterocycles. The average molecular weight is 505 g/mol. The van der Waals surface area contributed by atoms with Crippen LogP contribution < -0.4 is 10.6 Å². The van der Waals surface area contributed by atoms with Gasteiger partial charge in [0.1, 0.15) is 5.54 Å². The Hall–Kier alpha value is -3.20. The van der Waals surface area contributed by atoms with Crippen LogP contribution in [0.15, 0.2) is 48.7 Å². The number of anilines is 1. The van der Waals surface area contributed by atoms with E-state index in [9.17, 15) is 14.4 Å². The molecule has 0 saturated carbocycles. The van der Waals surface area contributed by atoms with Gasteiger partial charge in [-0.2, -0.15) is 0 Å². The summed E-state index contributed by atoms with van der Waals surface area (Å²) in [6.07, 6.45) is 4.00. The normalized spacial score (nSPS) is 31.0. The van der Waals surface area contributed by atoms with Crippen molar-refractivity contribution in [1.82, 2.24) is 15.2 Å². The number of ether oxygens (including phenoxy) is 1. The molecule has 1 aromatic heterocycles. The van der Waals surface area contributed by atoms with Crippen LogP contribution in [0.3, 0.4) is 0 Å².